The summed E-state index contributed by atoms with van der Waals surface area (Å²) in [7, 11) is 4.08. The van der Waals surface area contributed by atoms with Crippen LogP contribution < -0.4 is 10.1 Å². The van der Waals surface area contributed by atoms with Crippen LogP contribution in [0.5, 0.6) is 5.75 Å². The van der Waals surface area contributed by atoms with Crippen molar-refractivity contribution in [2.45, 2.75) is 6.54 Å². The molecule has 0 aliphatic carbocycles. The summed E-state index contributed by atoms with van der Waals surface area (Å²) in [6.45, 7) is 2.41. The third-order valence-electron chi connectivity index (χ3n) is 2.80. The van der Waals surface area contributed by atoms with E-state index < -0.39 is 0 Å². The fourth-order valence-corrected chi connectivity index (χ4v) is 3.83. The van der Waals surface area contributed by atoms with E-state index in [1.165, 1.54) is 4.88 Å². The Bertz CT molecular complexity index is 567. The molecule has 6 heteroatoms. The zero-order valence-corrected chi connectivity index (χ0v) is 16.0. The summed E-state index contributed by atoms with van der Waals surface area (Å²) in [6.07, 6.45) is 0. The van der Waals surface area contributed by atoms with E-state index >= 15 is 0 Å². The fraction of sp³-hybridized carbons (Fsp3) is 0.333. The van der Waals surface area contributed by atoms with Gasteiger partial charge in [0.15, 0.2) is 0 Å². The van der Waals surface area contributed by atoms with Crippen molar-refractivity contribution in [2.75, 3.05) is 32.6 Å². The lowest BCUT2D eigenvalue weighted by atomic mass is 10.3. The lowest BCUT2D eigenvalue weighted by Crippen LogP contribution is -2.19. The van der Waals surface area contributed by atoms with Crippen molar-refractivity contribution in [1.29, 1.82) is 0 Å². The van der Waals surface area contributed by atoms with E-state index in [2.05, 4.69) is 54.2 Å². The molecule has 0 fully saturated rings. The summed E-state index contributed by atoms with van der Waals surface area (Å²) in [5.74, 6) is 0.899. The van der Waals surface area contributed by atoms with Crippen molar-refractivity contribution in [3.8, 4) is 5.75 Å². The lowest BCUT2D eigenvalue weighted by Gasteiger charge is -2.12. The van der Waals surface area contributed by atoms with Gasteiger partial charge < -0.3 is 15.0 Å². The Balaban J connectivity index is 1.88. The van der Waals surface area contributed by atoms with E-state index in [9.17, 15) is 0 Å². The van der Waals surface area contributed by atoms with Gasteiger partial charge in [0.2, 0.25) is 0 Å². The molecule has 0 spiro atoms. The van der Waals surface area contributed by atoms with Crippen molar-refractivity contribution in [3.05, 3.63) is 43.5 Å². The second kappa shape index (κ2) is 8.17. The van der Waals surface area contributed by atoms with Gasteiger partial charge >= 0.3 is 0 Å². The molecule has 1 aromatic heterocycles. The number of hydrogen-bond donors (Lipinski definition) is 1. The maximum Gasteiger partial charge on any atom is 0.121 e. The molecular weight excluding hydrogens is 416 g/mol. The highest BCUT2D eigenvalue weighted by atomic mass is 79.9. The topological polar surface area (TPSA) is 24.5 Å². The number of anilines is 1. The first-order valence-corrected chi connectivity index (χ1v) is 9.00. The van der Waals surface area contributed by atoms with Crippen LogP contribution >= 0.6 is 43.2 Å². The van der Waals surface area contributed by atoms with Crippen LogP contribution in [0.2, 0.25) is 0 Å². The molecule has 1 N–H and O–H groups in total. The molecule has 0 aliphatic rings. The smallest absolute Gasteiger partial charge is 0.121 e. The van der Waals surface area contributed by atoms with Crippen LogP contribution in [-0.2, 0) is 6.54 Å². The van der Waals surface area contributed by atoms with Crippen LogP contribution in [0.15, 0.2) is 38.6 Å². The Morgan fingerprint density at radius 3 is 2.71 bits per heavy atom. The number of nitrogens with one attached hydrogen (secondary N) is 1. The minimum absolute atomic E-state index is 0.696. The predicted octanol–water partition coefficient (Wildman–Crippen LogP) is 4.83. The number of likely N-dealkylation sites (N-methyl/N-ethyl adjacent to an activating group) is 1. The number of rotatable bonds is 7. The summed E-state index contributed by atoms with van der Waals surface area (Å²) in [6, 6.07) is 10.2. The molecular formula is C15H18Br2N2OS. The van der Waals surface area contributed by atoms with Gasteiger partial charge in [-0.1, -0.05) is 6.07 Å². The van der Waals surface area contributed by atoms with Crippen molar-refractivity contribution in [3.63, 3.8) is 0 Å². The van der Waals surface area contributed by atoms with Gasteiger partial charge in [0.25, 0.3) is 0 Å². The number of halogens is 2. The van der Waals surface area contributed by atoms with Crippen LogP contribution in [0.3, 0.4) is 0 Å². The van der Waals surface area contributed by atoms with E-state index in [0.29, 0.717) is 6.61 Å². The van der Waals surface area contributed by atoms with Gasteiger partial charge in [0.1, 0.15) is 12.4 Å². The molecule has 0 saturated heterocycles. The first kappa shape index (κ1) is 16.8. The van der Waals surface area contributed by atoms with E-state index in [4.69, 9.17) is 4.74 Å². The molecule has 0 saturated carbocycles. The second-order valence-corrected chi connectivity index (χ2v) is 8.18. The van der Waals surface area contributed by atoms with Crippen LogP contribution in [0.1, 0.15) is 4.88 Å². The minimum Gasteiger partial charge on any atom is -0.492 e. The fourth-order valence-electron chi connectivity index (χ4n) is 1.71. The maximum absolute atomic E-state index is 5.74. The van der Waals surface area contributed by atoms with Gasteiger partial charge in [-0.15, -0.1) is 11.3 Å². The van der Waals surface area contributed by atoms with Gasteiger partial charge in [0.05, 0.1) is 3.79 Å². The molecule has 0 aliphatic heterocycles. The van der Waals surface area contributed by atoms with E-state index in [1.807, 2.05) is 32.3 Å². The average Bonchev–Trinajstić information content (AvgIpc) is 2.76. The van der Waals surface area contributed by atoms with Crippen molar-refractivity contribution >= 4 is 48.9 Å². The van der Waals surface area contributed by atoms with Gasteiger partial charge in [0, 0.05) is 34.2 Å². The quantitative estimate of drug-likeness (QED) is 0.676. The number of nitrogens with zero attached hydrogens (tertiary/aromatic N) is 1. The first-order chi connectivity index (χ1) is 10.0. The molecule has 2 rings (SSSR count). The molecule has 2 aromatic rings. The highest BCUT2D eigenvalue weighted by molar-refractivity contribution is 9.13. The first-order valence-electron chi connectivity index (χ1n) is 6.60. The molecule has 114 valence electrons. The summed E-state index contributed by atoms with van der Waals surface area (Å²) in [5, 5.41) is 3.42. The van der Waals surface area contributed by atoms with Crippen LogP contribution in [-0.4, -0.2) is 32.1 Å². The largest absolute Gasteiger partial charge is 0.492 e. The van der Waals surface area contributed by atoms with E-state index in [-0.39, 0.29) is 0 Å². The van der Waals surface area contributed by atoms with Crippen molar-refractivity contribution < 1.29 is 4.74 Å². The Hall–Kier alpha value is -0.560. The molecule has 0 radical (unpaired) electrons. The van der Waals surface area contributed by atoms with E-state index in [0.717, 1.165) is 32.8 Å². The Kier molecular flexibility index (Phi) is 6.54. The number of hydrogen-bond acceptors (Lipinski definition) is 4. The molecule has 1 heterocycles. The number of ether oxygens (including phenoxy) is 1. The molecule has 0 amide bonds. The Labute approximate surface area is 146 Å². The summed E-state index contributed by atoms with van der Waals surface area (Å²) < 4.78 is 7.97. The van der Waals surface area contributed by atoms with Gasteiger partial charge in [-0.3, -0.25) is 0 Å². The van der Waals surface area contributed by atoms with Crippen molar-refractivity contribution in [2.24, 2.45) is 0 Å². The zero-order valence-electron chi connectivity index (χ0n) is 12.0. The molecule has 1 aromatic carbocycles. The molecule has 21 heavy (non-hydrogen) atoms. The monoisotopic (exact) mass is 432 g/mol. The third kappa shape index (κ3) is 5.62. The predicted molar refractivity (Wildman–Crippen MR) is 97.5 cm³/mol. The molecule has 0 unspecified atom stereocenters. The second-order valence-electron chi connectivity index (χ2n) is 4.87. The normalized spacial score (nSPS) is 10.9. The SMILES string of the molecule is CN(C)CCOc1cccc(NCc2cc(Br)c(Br)s2)c1. The van der Waals surface area contributed by atoms with E-state index in [1.54, 1.807) is 11.3 Å². The average molecular weight is 434 g/mol. The molecule has 3 nitrogen and oxygen atoms in total. The molecule has 0 atom stereocenters. The van der Waals surface area contributed by atoms with Crippen molar-refractivity contribution in [1.82, 2.24) is 4.90 Å². The Morgan fingerprint density at radius 2 is 2.05 bits per heavy atom. The summed E-state index contributed by atoms with van der Waals surface area (Å²) >= 11 is 8.75. The number of benzene rings is 1. The summed E-state index contributed by atoms with van der Waals surface area (Å²) in [5.41, 5.74) is 1.07. The van der Waals surface area contributed by atoms with Crippen LogP contribution in [0.4, 0.5) is 5.69 Å². The zero-order chi connectivity index (χ0) is 15.2. The third-order valence-corrected chi connectivity index (χ3v) is 6.06. The van der Waals surface area contributed by atoms with Crippen LogP contribution in [0.25, 0.3) is 0 Å². The Morgan fingerprint density at radius 1 is 1.24 bits per heavy atom. The minimum atomic E-state index is 0.696. The highest BCUT2D eigenvalue weighted by Gasteiger charge is 2.04. The van der Waals surface area contributed by atoms with Gasteiger partial charge in [-0.05, 0) is 64.2 Å². The molecule has 0 bridgehead atoms. The lowest BCUT2D eigenvalue weighted by molar-refractivity contribution is 0.261. The maximum atomic E-state index is 5.74. The standard InChI is InChI=1S/C15H18Br2N2OS/c1-19(2)6-7-20-12-5-3-4-11(8-12)18-10-13-9-14(16)15(17)21-13/h3-5,8-9,18H,6-7,10H2,1-2H3. The van der Waals surface area contributed by atoms with Crippen LogP contribution in [0, 0.1) is 0 Å². The summed E-state index contributed by atoms with van der Waals surface area (Å²) in [4.78, 5) is 3.38. The van der Waals surface area contributed by atoms with Gasteiger partial charge in [-0.2, -0.15) is 0 Å². The highest BCUT2D eigenvalue weighted by Crippen LogP contribution is 2.32. The van der Waals surface area contributed by atoms with Gasteiger partial charge in [-0.25, -0.2) is 0 Å². The number of thiophene rings is 1.